The van der Waals surface area contributed by atoms with Crippen LogP contribution in [-0.2, 0) is 14.6 Å². The van der Waals surface area contributed by atoms with Crippen molar-refractivity contribution in [2.45, 2.75) is 12.5 Å². The van der Waals surface area contributed by atoms with Crippen molar-refractivity contribution in [3.05, 3.63) is 28.2 Å². The van der Waals surface area contributed by atoms with Gasteiger partial charge in [0, 0.05) is 11.4 Å². The van der Waals surface area contributed by atoms with Crippen LogP contribution in [0.15, 0.2) is 18.2 Å². The average molecular weight is 408 g/mol. The molecule has 2 aliphatic heterocycles. The highest BCUT2D eigenvalue weighted by atomic mass is 35.5. The summed E-state index contributed by atoms with van der Waals surface area (Å²) in [4.78, 5) is 15.4. The minimum absolute atomic E-state index is 0.0749. The van der Waals surface area contributed by atoms with Crippen LogP contribution in [0.25, 0.3) is 0 Å². The molecule has 0 radical (unpaired) electrons. The fourth-order valence-electron chi connectivity index (χ4n) is 3.39. The van der Waals surface area contributed by atoms with Gasteiger partial charge in [0.1, 0.15) is 17.5 Å². The number of carbonyl (C=O) groups is 1. The van der Waals surface area contributed by atoms with E-state index in [4.69, 9.17) is 27.9 Å². The van der Waals surface area contributed by atoms with E-state index >= 15 is 0 Å². The summed E-state index contributed by atoms with van der Waals surface area (Å²) in [5.74, 6) is 0.900. The molecular weight excluding hydrogens is 387 g/mol. The van der Waals surface area contributed by atoms with Crippen LogP contribution in [0.2, 0.25) is 10.0 Å². The molecule has 0 bridgehead atoms. The SMILES string of the molecule is O=C(COc1ccc(Cl)cc1Cl)N1CC[NH+]([C@@H]2CCS(=O)(=O)C2)CC1. The topological polar surface area (TPSA) is 68.1 Å². The number of benzene rings is 1. The van der Waals surface area contributed by atoms with Gasteiger partial charge in [-0.25, -0.2) is 8.42 Å². The third kappa shape index (κ3) is 4.78. The molecule has 1 atom stereocenters. The smallest absolute Gasteiger partial charge is 0.260 e. The number of sulfone groups is 1. The van der Waals surface area contributed by atoms with Crippen molar-refractivity contribution in [3.63, 3.8) is 0 Å². The summed E-state index contributed by atoms with van der Waals surface area (Å²) in [5.41, 5.74) is 0. The molecule has 2 fully saturated rings. The number of hydrogen-bond acceptors (Lipinski definition) is 4. The number of ether oxygens (including phenoxy) is 1. The first-order valence-electron chi connectivity index (χ1n) is 8.25. The molecule has 2 aliphatic rings. The van der Waals surface area contributed by atoms with Gasteiger partial charge in [0.15, 0.2) is 16.4 Å². The predicted octanol–water partition coefficient (Wildman–Crippen LogP) is 0.286. The van der Waals surface area contributed by atoms with Crippen molar-refractivity contribution >= 4 is 38.9 Å². The zero-order valence-corrected chi connectivity index (χ0v) is 16.0. The number of nitrogens with zero attached hydrogens (tertiary/aromatic N) is 1. The van der Waals surface area contributed by atoms with Crippen molar-refractivity contribution < 1.29 is 22.8 Å². The van der Waals surface area contributed by atoms with Gasteiger partial charge in [0.25, 0.3) is 5.91 Å². The molecule has 2 saturated heterocycles. The Hall–Kier alpha value is -1.02. The van der Waals surface area contributed by atoms with Crippen molar-refractivity contribution in [3.8, 4) is 5.75 Å². The first kappa shape index (κ1) is 18.8. The van der Waals surface area contributed by atoms with Gasteiger partial charge >= 0.3 is 0 Å². The number of amides is 1. The second-order valence-corrected chi connectivity index (χ2v) is 9.57. The number of halogens is 2. The third-order valence-electron chi connectivity index (χ3n) is 4.81. The summed E-state index contributed by atoms with van der Waals surface area (Å²) in [7, 11) is -2.86. The van der Waals surface area contributed by atoms with E-state index in [1.165, 1.54) is 4.90 Å². The number of hydrogen-bond donors (Lipinski definition) is 1. The maximum absolute atomic E-state index is 12.3. The van der Waals surface area contributed by atoms with Crippen LogP contribution in [0.5, 0.6) is 5.75 Å². The number of quaternary nitrogens is 1. The van der Waals surface area contributed by atoms with Crippen molar-refractivity contribution in [2.75, 3.05) is 44.3 Å². The quantitative estimate of drug-likeness (QED) is 0.778. The predicted molar refractivity (Wildman–Crippen MR) is 96.3 cm³/mol. The molecule has 1 aromatic carbocycles. The Morgan fingerprint density at radius 2 is 2.00 bits per heavy atom. The Morgan fingerprint density at radius 3 is 2.60 bits per heavy atom. The Labute approximate surface area is 157 Å². The van der Waals surface area contributed by atoms with Crippen molar-refractivity contribution in [2.24, 2.45) is 0 Å². The van der Waals surface area contributed by atoms with Crippen LogP contribution >= 0.6 is 23.2 Å². The molecule has 0 spiro atoms. The second kappa shape index (κ2) is 7.70. The van der Waals surface area contributed by atoms with E-state index in [2.05, 4.69) is 0 Å². The summed E-state index contributed by atoms with van der Waals surface area (Å²) in [6, 6.07) is 5.04. The van der Waals surface area contributed by atoms with Gasteiger partial charge < -0.3 is 14.5 Å². The van der Waals surface area contributed by atoms with Crippen molar-refractivity contribution in [1.82, 2.24) is 4.90 Å². The molecule has 1 aromatic rings. The number of nitrogens with one attached hydrogen (secondary N) is 1. The van der Waals surface area contributed by atoms with E-state index in [1.807, 2.05) is 0 Å². The first-order valence-corrected chi connectivity index (χ1v) is 10.8. The highest BCUT2D eigenvalue weighted by molar-refractivity contribution is 7.91. The summed E-state index contributed by atoms with van der Waals surface area (Å²) >= 11 is 11.9. The Kier molecular flexibility index (Phi) is 5.78. The third-order valence-corrected chi connectivity index (χ3v) is 7.11. The molecule has 6 nitrogen and oxygen atoms in total. The van der Waals surface area contributed by atoms with Gasteiger partial charge in [-0.05, 0) is 18.2 Å². The first-order chi connectivity index (χ1) is 11.8. The van der Waals surface area contributed by atoms with Crippen LogP contribution in [-0.4, -0.2) is 69.6 Å². The zero-order valence-electron chi connectivity index (χ0n) is 13.7. The molecule has 138 valence electrons. The molecular formula is C16H21Cl2N2O4S+. The minimum atomic E-state index is -2.86. The standard InChI is InChI=1S/C16H20Cl2N2O4S/c17-12-1-2-15(14(18)9-12)24-10-16(21)20-6-4-19(5-7-20)13-3-8-25(22,23)11-13/h1-2,9,13H,3-8,10-11H2/p+1/t13-/m1/s1. The fourth-order valence-corrected chi connectivity index (χ4v) is 5.68. The normalized spacial score (nSPS) is 23.6. The Morgan fingerprint density at radius 1 is 1.28 bits per heavy atom. The highest BCUT2D eigenvalue weighted by Crippen LogP contribution is 2.27. The maximum Gasteiger partial charge on any atom is 0.260 e. The fraction of sp³-hybridized carbons (Fsp3) is 0.562. The monoisotopic (exact) mass is 407 g/mol. The summed E-state index contributed by atoms with van der Waals surface area (Å²) < 4.78 is 28.7. The number of piperazine rings is 1. The van der Waals surface area contributed by atoms with Gasteiger partial charge in [-0.1, -0.05) is 23.2 Å². The number of rotatable bonds is 4. The highest BCUT2D eigenvalue weighted by Gasteiger charge is 2.37. The molecule has 1 amide bonds. The lowest BCUT2D eigenvalue weighted by molar-refractivity contribution is -0.925. The van der Waals surface area contributed by atoms with Gasteiger partial charge in [0.2, 0.25) is 0 Å². The van der Waals surface area contributed by atoms with Gasteiger partial charge in [-0.2, -0.15) is 0 Å². The summed E-state index contributed by atoms with van der Waals surface area (Å²) in [6.45, 7) is 2.70. The summed E-state index contributed by atoms with van der Waals surface area (Å²) in [5, 5.41) is 0.883. The molecule has 9 heteroatoms. The van der Waals surface area contributed by atoms with Crippen molar-refractivity contribution in [1.29, 1.82) is 0 Å². The van der Waals surface area contributed by atoms with Gasteiger partial charge in [-0.15, -0.1) is 0 Å². The lowest BCUT2D eigenvalue weighted by Crippen LogP contribution is -3.18. The Bertz CT molecular complexity index is 749. The largest absolute Gasteiger partial charge is 0.482 e. The van der Waals surface area contributed by atoms with E-state index in [0.717, 1.165) is 19.5 Å². The Balaban J connectivity index is 1.47. The lowest BCUT2D eigenvalue weighted by atomic mass is 10.2. The molecule has 25 heavy (non-hydrogen) atoms. The molecule has 0 unspecified atom stereocenters. The molecule has 2 heterocycles. The average Bonchev–Trinajstić information content (AvgIpc) is 2.94. The molecule has 3 rings (SSSR count). The van der Waals surface area contributed by atoms with E-state index in [-0.39, 0.29) is 24.3 Å². The van der Waals surface area contributed by atoms with E-state index in [9.17, 15) is 13.2 Å². The molecule has 0 saturated carbocycles. The number of carbonyl (C=O) groups excluding carboxylic acids is 1. The molecule has 0 aromatic heterocycles. The van der Waals surface area contributed by atoms with Gasteiger partial charge in [0.05, 0.1) is 37.0 Å². The van der Waals surface area contributed by atoms with E-state index in [0.29, 0.717) is 34.6 Å². The lowest BCUT2D eigenvalue weighted by Gasteiger charge is -2.34. The molecule has 0 aliphatic carbocycles. The van der Waals surface area contributed by atoms with E-state index < -0.39 is 9.84 Å². The minimum Gasteiger partial charge on any atom is -0.482 e. The zero-order chi connectivity index (χ0) is 18.0. The van der Waals surface area contributed by atoms with Crippen LogP contribution in [0.4, 0.5) is 0 Å². The molecule has 1 N–H and O–H groups in total. The maximum atomic E-state index is 12.3. The van der Waals surface area contributed by atoms with Crippen LogP contribution in [0, 0.1) is 0 Å². The second-order valence-electron chi connectivity index (χ2n) is 6.50. The van der Waals surface area contributed by atoms with E-state index in [1.54, 1.807) is 23.1 Å². The van der Waals surface area contributed by atoms with Crippen LogP contribution in [0.1, 0.15) is 6.42 Å². The van der Waals surface area contributed by atoms with Gasteiger partial charge in [-0.3, -0.25) is 4.79 Å². The van der Waals surface area contributed by atoms with Crippen LogP contribution < -0.4 is 9.64 Å². The summed E-state index contributed by atoms with van der Waals surface area (Å²) in [6.07, 6.45) is 0.726. The van der Waals surface area contributed by atoms with Crippen LogP contribution in [0.3, 0.4) is 0 Å².